The number of benzene rings is 1. The van der Waals surface area contributed by atoms with E-state index in [1.807, 2.05) is 41.8 Å². The zero-order valence-corrected chi connectivity index (χ0v) is 15.5. The van der Waals surface area contributed by atoms with E-state index < -0.39 is 0 Å². The Morgan fingerprint density at radius 1 is 1.15 bits per heavy atom. The summed E-state index contributed by atoms with van der Waals surface area (Å²) in [5.74, 6) is 2.28. The van der Waals surface area contributed by atoms with Crippen LogP contribution in [0.1, 0.15) is 22.5 Å². The highest BCUT2D eigenvalue weighted by Gasteiger charge is 2.26. The van der Waals surface area contributed by atoms with Gasteiger partial charge in [-0.2, -0.15) is 0 Å². The van der Waals surface area contributed by atoms with Gasteiger partial charge in [0.25, 0.3) is 5.91 Å². The largest absolute Gasteiger partial charge is 0.486 e. The van der Waals surface area contributed by atoms with Crippen LogP contribution in [0.15, 0.2) is 41.8 Å². The van der Waals surface area contributed by atoms with Gasteiger partial charge in [-0.1, -0.05) is 18.2 Å². The van der Waals surface area contributed by atoms with Crippen molar-refractivity contribution >= 4 is 17.2 Å². The summed E-state index contributed by atoms with van der Waals surface area (Å²) >= 11 is 1.49. The number of hydrogen-bond acceptors (Lipinski definition) is 5. The van der Waals surface area contributed by atoms with Crippen molar-refractivity contribution in [3.8, 4) is 11.5 Å². The molecule has 0 bridgehead atoms. The number of thiophene rings is 1. The molecule has 0 aliphatic carbocycles. The van der Waals surface area contributed by atoms with Crippen LogP contribution in [-0.4, -0.2) is 49.7 Å². The van der Waals surface area contributed by atoms with Gasteiger partial charge < -0.3 is 14.8 Å². The van der Waals surface area contributed by atoms with Crippen molar-refractivity contribution in [3.63, 3.8) is 0 Å². The lowest BCUT2D eigenvalue weighted by atomic mass is 9.96. The number of likely N-dealkylation sites (tertiary alicyclic amines) is 1. The van der Waals surface area contributed by atoms with E-state index in [9.17, 15) is 4.79 Å². The van der Waals surface area contributed by atoms with Gasteiger partial charge in [0.2, 0.25) is 0 Å². The Morgan fingerprint density at radius 2 is 1.96 bits per heavy atom. The number of para-hydroxylation sites is 2. The van der Waals surface area contributed by atoms with Crippen molar-refractivity contribution in [2.75, 3.05) is 32.8 Å². The van der Waals surface area contributed by atoms with Crippen LogP contribution in [0.25, 0.3) is 0 Å². The first-order valence-corrected chi connectivity index (χ1v) is 10.1. The molecule has 5 nitrogen and oxygen atoms in total. The summed E-state index contributed by atoms with van der Waals surface area (Å²) in [4.78, 5) is 15.3. The minimum Gasteiger partial charge on any atom is -0.486 e. The molecule has 1 unspecified atom stereocenters. The third-order valence-electron chi connectivity index (χ3n) is 5.03. The zero-order valence-electron chi connectivity index (χ0n) is 14.7. The maximum atomic E-state index is 12.0. The molecule has 1 fully saturated rings. The van der Waals surface area contributed by atoms with Gasteiger partial charge in [-0.05, 0) is 55.4 Å². The van der Waals surface area contributed by atoms with Crippen LogP contribution in [0.2, 0.25) is 0 Å². The molecule has 1 atom stereocenters. The Balaban J connectivity index is 1.19. The molecule has 1 aromatic heterocycles. The molecular weight excluding hydrogens is 348 g/mol. The van der Waals surface area contributed by atoms with Gasteiger partial charge in [0, 0.05) is 13.1 Å². The topological polar surface area (TPSA) is 50.8 Å². The number of carbonyl (C=O) groups excluding carboxylic acids is 1. The number of rotatable bonds is 5. The second kappa shape index (κ2) is 8.10. The Morgan fingerprint density at radius 3 is 2.73 bits per heavy atom. The fourth-order valence-electron chi connectivity index (χ4n) is 3.55. The molecule has 2 aromatic rings. The van der Waals surface area contributed by atoms with Crippen LogP contribution in [-0.2, 0) is 0 Å². The van der Waals surface area contributed by atoms with Crippen LogP contribution in [0.4, 0.5) is 0 Å². The minimum absolute atomic E-state index is 0.0499. The number of fused-ring (bicyclic) bond motifs is 1. The average molecular weight is 372 g/mol. The predicted octanol–water partition coefficient (Wildman–Crippen LogP) is 3.03. The normalized spacial score (nSPS) is 20.7. The van der Waals surface area contributed by atoms with Crippen molar-refractivity contribution < 1.29 is 14.3 Å². The van der Waals surface area contributed by atoms with E-state index in [0.717, 1.165) is 55.4 Å². The van der Waals surface area contributed by atoms with E-state index in [1.54, 1.807) is 0 Å². The second-order valence-electron chi connectivity index (χ2n) is 6.93. The zero-order chi connectivity index (χ0) is 17.8. The van der Waals surface area contributed by atoms with Crippen molar-refractivity contribution in [2.45, 2.75) is 18.9 Å². The Bertz CT molecular complexity index is 726. The molecular formula is C20H24N2O3S. The standard InChI is InChI=1S/C20H24N2O3S/c23-20(19-6-3-11-26-19)21-12-15-7-9-22(10-8-15)13-16-14-24-17-4-1-2-5-18(17)25-16/h1-6,11,15-16H,7-10,12-14H2,(H,21,23). The maximum absolute atomic E-state index is 12.0. The first-order chi connectivity index (χ1) is 12.8. The highest BCUT2D eigenvalue weighted by atomic mass is 32.1. The van der Waals surface area contributed by atoms with Gasteiger partial charge >= 0.3 is 0 Å². The summed E-state index contributed by atoms with van der Waals surface area (Å²) in [5.41, 5.74) is 0. The quantitative estimate of drug-likeness (QED) is 0.877. The number of ether oxygens (including phenoxy) is 2. The molecule has 4 rings (SSSR count). The molecule has 0 saturated carbocycles. The van der Waals surface area contributed by atoms with E-state index in [0.29, 0.717) is 12.5 Å². The SMILES string of the molecule is O=C(NCC1CCN(CC2COc3ccccc3O2)CC1)c1cccs1. The minimum atomic E-state index is 0.0499. The number of carbonyl (C=O) groups is 1. The first-order valence-electron chi connectivity index (χ1n) is 9.20. The van der Waals surface area contributed by atoms with E-state index in [1.165, 1.54) is 11.3 Å². The van der Waals surface area contributed by atoms with Crippen LogP contribution in [0.5, 0.6) is 11.5 Å². The van der Waals surface area contributed by atoms with Gasteiger partial charge in [0.15, 0.2) is 11.5 Å². The maximum Gasteiger partial charge on any atom is 0.261 e. The fraction of sp³-hybridized carbons (Fsp3) is 0.450. The Hall–Kier alpha value is -2.05. The summed E-state index contributed by atoms with van der Waals surface area (Å²) in [6, 6.07) is 11.6. The highest BCUT2D eigenvalue weighted by molar-refractivity contribution is 7.12. The number of hydrogen-bond donors (Lipinski definition) is 1. The molecule has 2 aliphatic heterocycles. The number of amides is 1. The molecule has 138 valence electrons. The Kier molecular flexibility index (Phi) is 5.41. The van der Waals surface area contributed by atoms with E-state index >= 15 is 0 Å². The smallest absolute Gasteiger partial charge is 0.261 e. The van der Waals surface area contributed by atoms with E-state index in [-0.39, 0.29) is 12.0 Å². The summed E-state index contributed by atoms with van der Waals surface area (Å²) in [5, 5.41) is 5.00. The van der Waals surface area contributed by atoms with Crippen molar-refractivity contribution in [2.24, 2.45) is 5.92 Å². The molecule has 1 saturated heterocycles. The number of nitrogens with zero attached hydrogens (tertiary/aromatic N) is 1. The van der Waals surface area contributed by atoms with Crippen molar-refractivity contribution in [1.82, 2.24) is 10.2 Å². The molecule has 26 heavy (non-hydrogen) atoms. The van der Waals surface area contributed by atoms with Gasteiger partial charge in [0.05, 0.1) is 4.88 Å². The average Bonchev–Trinajstić information content (AvgIpc) is 3.22. The van der Waals surface area contributed by atoms with E-state index in [4.69, 9.17) is 9.47 Å². The number of nitrogens with one attached hydrogen (secondary N) is 1. The third-order valence-corrected chi connectivity index (χ3v) is 5.90. The molecule has 3 heterocycles. The van der Waals surface area contributed by atoms with E-state index in [2.05, 4.69) is 10.2 Å². The van der Waals surface area contributed by atoms with Gasteiger partial charge in [-0.15, -0.1) is 11.3 Å². The lowest BCUT2D eigenvalue weighted by Gasteiger charge is -2.35. The summed E-state index contributed by atoms with van der Waals surface area (Å²) < 4.78 is 11.9. The monoisotopic (exact) mass is 372 g/mol. The molecule has 6 heteroatoms. The molecule has 0 spiro atoms. The lowest BCUT2D eigenvalue weighted by Crippen LogP contribution is -2.45. The molecule has 1 N–H and O–H groups in total. The van der Waals surface area contributed by atoms with Crippen molar-refractivity contribution in [3.05, 3.63) is 46.7 Å². The van der Waals surface area contributed by atoms with Crippen molar-refractivity contribution in [1.29, 1.82) is 0 Å². The molecule has 0 radical (unpaired) electrons. The lowest BCUT2D eigenvalue weighted by molar-refractivity contribution is 0.0476. The van der Waals surface area contributed by atoms with Crippen LogP contribution in [0.3, 0.4) is 0 Å². The third kappa shape index (κ3) is 4.19. The van der Waals surface area contributed by atoms with Crippen LogP contribution >= 0.6 is 11.3 Å². The number of piperidine rings is 1. The molecule has 2 aliphatic rings. The summed E-state index contributed by atoms with van der Waals surface area (Å²) in [6.07, 6.45) is 2.30. The summed E-state index contributed by atoms with van der Waals surface area (Å²) in [6.45, 7) is 4.35. The second-order valence-corrected chi connectivity index (χ2v) is 7.88. The van der Waals surface area contributed by atoms with Crippen LogP contribution < -0.4 is 14.8 Å². The summed E-state index contributed by atoms with van der Waals surface area (Å²) in [7, 11) is 0. The molecule has 1 aromatic carbocycles. The fourth-order valence-corrected chi connectivity index (χ4v) is 4.19. The highest BCUT2D eigenvalue weighted by Crippen LogP contribution is 2.31. The first kappa shape index (κ1) is 17.4. The van der Waals surface area contributed by atoms with Gasteiger partial charge in [0.1, 0.15) is 12.7 Å². The predicted molar refractivity (Wildman–Crippen MR) is 102 cm³/mol. The van der Waals surface area contributed by atoms with Crippen LogP contribution in [0, 0.1) is 5.92 Å². The van der Waals surface area contributed by atoms with Gasteiger partial charge in [-0.25, -0.2) is 0 Å². The Labute approximate surface area is 157 Å². The molecule has 1 amide bonds. The van der Waals surface area contributed by atoms with Gasteiger partial charge in [-0.3, -0.25) is 9.69 Å².